The predicted molar refractivity (Wildman–Crippen MR) is 45.1 cm³/mol. The zero-order valence-electron chi connectivity index (χ0n) is 5.94. The summed E-state index contributed by atoms with van der Waals surface area (Å²) in [6.07, 6.45) is 0.371. The monoisotopic (exact) mass is 174 g/mol. The van der Waals surface area contributed by atoms with Crippen molar-refractivity contribution >= 4 is 8.38 Å². The Morgan fingerprint density at radius 1 is 1.09 bits per heavy atom. The van der Waals surface area contributed by atoms with Gasteiger partial charge in [0.15, 0.2) is 8.38 Å². The molecule has 0 saturated carbocycles. The van der Waals surface area contributed by atoms with Crippen LogP contribution in [0, 0.1) is 0 Å². The Balaban J connectivity index is 0.000001000. The van der Waals surface area contributed by atoms with Gasteiger partial charge in [-0.05, 0) is 5.56 Å². The summed E-state index contributed by atoms with van der Waals surface area (Å²) < 4.78 is 0. The molecule has 4 N–H and O–H groups in total. The normalized spacial score (nSPS) is 9.36. The molecule has 0 aliphatic carbocycles. The maximum atomic E-state index is 8.63. The van der Waals surface area contributed by atoms with E-state index in [0.717, 1.165) is 5.56 Å². The summed E-state index contributed by atoms with van der Waals surface area (Å²) in [5.74, 6) is 0. The molecule has 4 heteroatoms. The fourth-order valence-electron chi connectivity index (χ4n) is 0.747. The number of hydrogen-bond acceptors (Lipinski definition) is 2. The van der Waals surface area contributed by atoms with E-state index >= 15 is 0 Å². The summed E-state index contributed by atoms with van der Waals surface area (Å²) in [6.45, 7) is 0. The first-order valence-corrected chi connectivity index (χ1v) is 4.41. The Morgan fingerprint density at radius 2 is 1.64 bits per heavy atom. The third-order valence-corrected chi connectivity index (χ3v) is 1.81. The van der Waals surface area contributed by atoms with E-state index in [4.69, 9.17) is 9.79 Å². The van der Waals surface area contributed by atoms with Gasteiger partial charge in [0.05, 0.1) is 0 Å². The lowest BCUT2D eigenvalue weighted by atomic mass is 10.2. The van der Waals surface area contributed by atoms with E-state index < -0.39 is 8.38 Å². The lowest BCUT2D eigenvalue weighted by molar-refractivity contribution is 0.481. The summed E-state index contributed by atoms with van der Waals surface area (Å²) in [5.41, 5.74) is 0.971. The van der Waals surface area contributed by atoms with Crippen LogP contribution >= 0.6 is 8.38 Å². The van der Waals surface area contributed by atoms with Crippen LogP contribution in [0.3, 0.4) is 0 Å². The molecule has 62 valence electrons. The van der Waals surface area contributed by atoms with E-state index in [2.05, 4.69) is 0 Å². The maximum Gasteiger partial charge on any atom is 0.169 e. The molecule has 0 amide bonds. The molecule has 0 fully saturated rings. The van der Waals surface area contributed by atoms with Crippen LogP contribution < -0.4 is 0 Å². The Labute approximate surface area is 66.5 Å². The van der Waals surface area contributed by atoms with Crippen LogP contribution in [0.25, 0.3) is 0 Å². The van der Waals surface area contributed by atoms with Crippen molar-refractivity contribution in [1.29, 1.82) is 0 Å². The topological polar surface area (TPSA) is 72.0 Å². The minimum Gasteiger partial charge on any atom is -0.412 e. The molecule has 0 unspecified atom stereocenters. The largest absolute Gasteiger partial charge is 0.412 e. The summed E-state index contributed by atoms with van der Waals surface area (Å²) in [7, 11) is -1.78. The van der Waals surface area contributed by atoms with Gasteiger partial charge in [-0.25, -0.2) is 0 Å². The van der Waals surface area contributed by atoms with Crippen molar-refractivity contribution < 1.29 is 15.3 Å². The molecule has 3 nitrogen and oxygen atoms in total. The van der Waals surface area contributed by atoms with Gasteiger partial charge < -0.3 is 15.3 Å². The van der Waals surface area contributed by atoms with Gasteiger partial charge in [0, 0.05) is 6.16 Å². The summed E-state index contributed by atoms with van der Waals surface area (Å²) in [6, 6.07) is 9.42. The van der Waals surface area contributed by atoms with Gasteiger partial charge in [0.25, 0.3) is 0 Å². The van der Waals surface area contributed by atoms with Crippen LogP contribution in [-0.2, 0) is 6.16 Å². The van der Waals surface area contributed by atoms with Gasteiger partial charge in [-0.3, -0.25) is 0 Å². The van der Waals surface area contributed by atoms with Crippen molar-refractivity contribution in [2.24, 2.45) is 0 Å². The van der Waals surface area contributed by atoms with Gasteiger partial charge in [-0.15, -0.1) is 0 Å². The van der Waals surface area contributed by atoms with Crippen LogP contribution in [0.2, 0.25) is 0 Å². The lowest BCUT2D eigenvalue weighted by Crippen LogP contribution is -1.80. The molecule has 0 bridgehead atoms. The van der Waals surface area contributed by atoms with Crippen molar-refractivity contribution in [1.82, 2.24) is 0 Å². The van der Waals surface area contributed by atoms with E-state index in [-0.39, 0.29) is 5.48 Å². The zero-order valence-corrected chi connectivity index (χ0v) is 6.83. The highest BCUT2D eigenvalue weighted by Gasteiger charge is 1.98. The second-order valence-corrected chi connectivity index (χ2v) is 3.08. The molecule has 0 aliphatic rings. The number of rotatable bonds is 2. The molecular weight excluding hydrogens is 163 g/mol. The average molecular weight is 174 g/mol. The van der Waals surface area contributed by atoms with E-state index in [9.17, 15) is 0 Å². The highest BCUT2D eigenvalue weighted by atomic mass is 31.2. The standard InChI is InChI=1S/C7H9O2P.H2O/c8-10(9)6-7-4-2-1-3-5-7;/h1-5,8-9H,6H2;1H2. The molecule has 1 rings (SSSR count). The highest BCUT2D eigenvalue weighted by Crippen LogP contribution is 2.28. The summed E-state index contributed by atoms with van der Waals surface area (Å²) in [5, 5.41) is 0. The number of hydrogen-bond donors (Lipinski definition) is 2. The Kier molecular flexibility index (Phi) is 4.99. The fourth-order valence-corrected chi connectivity index (χ4v) is 1.28. The first kappa shape index (κ1) is 10.5. The maximum absolute atomic E-state index is 8.63. The molecule has 0 radical (unpaired) electrons. The fraction of sp³-hybridized carbons (Fsp3) is 0.143. The van der Waals surface area contributed by atoms with Crippen LogP contribution in [0.1, 0.15) is 5.56 Å². The Morgan fingerprint density at radius 3 is 2.09 bits per heavy atom. The minimum absolute atomic E-state index is 0. The second-order valence-electron chi connectivity index (χ2n) is 2.02. The van der Waals surface area contributed by atoms with E-state index in [1.807, 2.05) is 30.3 Å². The molecular formula is C7H11O3P. The van der Waals surface area contributed by atoms with Gasteiger partial charge in [0.2, 0.25) is 0 Å². The van der Waals surface area contributed by atoms with E-state index in [1.165, 1.54) is 0 Å². The van der Waals surface area contributed by atoms with Crippen molar-refractivity contribution in [3.05, 3.63) is 35.9 Å². The zero-order chi connectivity index (χ0) is 7.40. The van der Waals surface area contributed by atoms with Gasteiger partial charge in [0.1, 0.15) is 0 Å². The van der Waals surface area contributed by atoms with Crippen molar-refractivity contribution in [2.75, 3.05) is 0 Å². The molecule has 0 atom stereocenters. The van der Waals surface area contributed by atoms with Gasteiger partial charge in [-0.1, -0.05) is 30.3 Å². The first-order chi connectivity index (χ1) is 4.79. The molecule has 0 spiro atoms. The molecule has 0 aliphatic heterocycles. The third kappa shape index (κ3) is 4.06. The molecule has 0 saturated heterocycles. The smallest absolute Gasteiger partial charge is 0.169 e. The Bertz CT molecular complexity index is 188. The molecule has 11 heavy (non-hydrogen) atoms. The molecule has 0 aromatic heterocycles. The van der Waals surface area contributed by atoms with Crippen LogP contribution in [0.5, 0.6) is 0 Å². The summed E-state index contributed by atoms with van der Waals surface area (Å²) >= 11 is 0. The van der Waals surface area contributed by atoms with Crippen LogP contribution in [-0.4, -0.2) is 15.3 Å². The van der Waals surface area contributed by atoms with Crippen LogP contribution in [0.4, 0.5) is 0 Å². The molecule has 0 heterocycles. The van der Waals surface area contributed by atoms with Crippen molar-refractivity contribution in [3.8, 4) is 0 Å². The summed E-state index contributed by atoms with van der Waals surface area (Å²) in [4.78, 5) is 17.3. The van der Waals surface area contributed by atoms with Crippen molar-refractivity contribution in [2.45, 2.75) is 6.16 Å². The SMILES string of the molecule is O.OP(O)Cc1ccccc1. The van der Waals surface area contributed by atoms with E-state index in [1.54, 1.807) is 0 Å². The first-order valence-electron chi connectivity index (χ1n) is 2.98. The molecule has 1 aromatic rings. The van der Waals surface area contributed by atoms with E-state index in [0.29, 0.717) is 6.16 Å². The van der Waals surface area contributed by atoms with Crippen LogP contribution in [0.15, 0.2) is 30.3 Å². The third-order valence-electron chi connectivity index (χ3n) is 1.17. The minimum atomic E-state index is -1.78. The molecule has 1 aromatic carbocycles. The quantitative estimate of drug-likeness (QED) is 0.646. The predicted octanol–water partition coefficient (Wildman–Crippen LogP) is 0.658. The second kappa shape index (κ2) is 5.22. The van der Waals surface area contributed by atoms with Crippen molar-refractivity contribution in [3.63, 3.8) is 0 Å². The Hall–Kier alpha value is -0.470. The van der Waals surface area contributed by atoms with Gasteiger partial charge in [-0.2, -0.15) is 0 Å². The highest BCUT2D eigenvalue weighted by molar-refractivity contribution is 7.44. The number of benzene rings is 1. The lowest BCUT2D eigenvalue weighted by Gasteiger charge is -2.00. The average Bonchev–Trinajstić information content (AvgIpc) is 1.88. The van der Waals surface area contributed by atoms with Gasteiger partial charge >= 0.3 is 0 Å².